The summed E-state index contributed by atoms with van der Waals surface area (Å²) in [6.45, 7) is 5.37. The van der Waals surface area contributed by atoms with E-state index in [0.29, 0.717) is 36.1 Å². The van der Waals surface area contributed by atoms with Gasteiger partial charge in [-0.05, 0) is 57.4 Å². The molecule has 0 radical (unpaired) electrons. The van der Waals surface area contributed by atoms with Crippen LogP contribution in [0.1, 0.15) is 64.3 Å². The highest BCUT2D eigenvalue weighted by Crippen LogP contribution is 2.30. The first kappa shape index (κ1) is 42.4. The Labute approximate surface area is 335 Å². The summed E-state index contributed by atoms with van der Waals surface area (Å²) in [4.78, 5) is 47.1. The van der Waals surface area contributed by atoms with Gasteiger partial charge in [-0.15, -0.1) is 20.4 Å². The van der Waals surface area contributed by atoms with Crippen LogP contribution in [0.2, 0.25) is 0 Å². The molecular formula is C37H49N15O6. The van der Waals surface area contributed by atoms with Crippen molar-refractivity contribution in [3.8, 4) is 23.3 Å². The summed E-state index contributed by atoms with van der Waals surface area (Å²) in [5.41, 5.74) is 9.31. The molecule has 5 aromatic rings. The first-order valence-electron chi connectivity index (χ1n) is 18.1. The molecule has 0 bridgehead atoms. The number of nitrogens with zero attached hydrogens (tertiary/aromatic N) is 11. The van der Waals surface area contributed by atoms with Gasteiger partial charge < -0.3 is 40.0 Å². The Bertz CT molecular complexity index is 2230. The zero-order chi connectivity index (χ0) is 42.0. The van der Waals surface area contributed by atoms with Crippen LogP contribution >= 0.6 is 0 Å². The molecule has 0 atom stereocenters. The van der Waals surface area contributed by atoms with Gasteiger partial charge in [-0.25, -0.2) is 15.4 Å². The van der Waals surface area contributed by atoms with E-state index in [1.165, 1.54) is 61.4 Å². The number of hydrogen-bond donors (Lipinski definition) is 4. The van der Waals surface area contributed by atoms with Crippen molar-refractivity contribution in [2.24, 2.45) is 24.9 Å². The highest BCUT2D eigenvalue weighted by atomic mass is 16.5. The summed E-state index contributed by atoms with van der Waals surface area (Å²) in [6, 6.07) is 10.0. The molecule has 58 heavy (non-hydrogen) atoms. The van der Waals surface area contributed by atoms with Gasteiger partial charge in [0.25, 0.3) is 17.7 Å². The van der Waals surface area contributed by atoms with Crippen LogP contribution in [0.5, 0.6) is 11.8 Å². The molecule has 5 N–H and O–H groups in total. The number of rotatable bonds is 11. The van der Waals surface area contributed by atoms with E-state index < -0.39 is 11.8 Å². The molecule has 1 aliphatic carbocycles. The van der Waals surface area contributed by atoms with Crippen molar-refractivity contribution >= 4 is 35.7 Å². The maximum absolute atomic E-state index is 12.6. The molecule has 7 rings (SSSR count). The van der Waals surface area contributed by atoms with Gasteiger partial charge in [-0.2, -0.15) is 5.10 Å². The van der Waals surface area contributed by atoms with Gasteiger partial charge in [0.15, 0.2) is 5.82 Å². The lowest BCUT2D eigenvalue weighted by atomic mass is 9.80. The normalized spacial score (nSPS) is 14.6. The molecule has 1 saturated carbocycles. The predicted molar refractivity (Wildman–Crippen MR) is 213 cm³/mol. The molecule has 5 aromatic heterocycles. The largest absolute Gasteiger partial charge is 0.479 e. The maximum atomic E-state index is 12.6. The number of carbonyl (C=O) groups excluding carboxylic acids is 3. The van der Waals surface area contributed by atoms with E-state index in [0.717, 1.165) is 0 Å². The number of amides is 3. The van der Waals surface area contributed by atoms with E-state index in [1.807, 2.05) is 10.6 Å². The molecule has 0 spiro atoms. The van der Waals surface area contributed by atoms with Gasteiger partial charge in [0, 0.05) is 46.1 Å². The minimum absolute atomic E-state index is 0.117. The van der Waals surface area contributed by atoms with Crippen molar-refractivity contribution < 1.29 is 28.6 Å². The second kappa shape index (κ2) is 18.5. The van der Waals surface area contributed by atoms with E-state index in [4.69, 9.17) is 19.9 Å². The molecule has 1 saturated heterocycles. The number of nitrogens with one attached hydrogen (secondary N) is 3. The molecular weight excluding hydrogens is 751 g/mol. The van der Waals surface area contributed by atoms with Crippen molar-refractivity contribution in [2.75, 3.05) is 52.2 Å². The fraction of sp³-hybridized carbons (Fsp3) is 0.405. The topological polar surface area (TPSA) is 249 Å². The van der Waals surface area contributed by atoms with Crippen LogP contribution < -0.4 is 31.3 Å². The minimum Gasteiger partial charge on any atom is -0.479 e. The Kier molecular flexibility index (Phi) is 13.5. The Hall–Kier alpha value is -6.74. The standard InChI is InChI=1S/C17H19N7O3.C15H19N7O3.C5H11N/c1-17(8-27-9-17)24-10-18-21-14(24)12-5-4-6-13(19-12)20-15(25)11-7-23(2)22-16(11)26-3;1-21(2)9-16-19-14(24)11-6-5-7-12(17-11)18-13(23)10-8-22(3)20-15(10)25-4;1-5(6)3-2-4-5/h4-7,10H,8-9H2,1-3H3,(H,19,20,25);5-9H,1-4H3,(H,19,24)(H,17,18,23);2-4,6H2,1H3/b;16-9-;. The van der Waals surface area contributed by atoms with Crippen molar-refractivity contribution in [1.82, 2.24) is 54.6 Å². The second-order valence-electron chi connectivity index (χ2n) is 14.3. The Morgan fingerprint density at radius 3 is 1.91 bits per heavy atom. The summed E-state index contributed by atoms with van der Waals surface area (Å²) >= 11 is 0. The maximum Gasteiger partial charge on any atom is 0.290 e. The summed E-state index contributed by atoms with van der Waals surface area (Å²) in [6.07, 6.45) is 10.0. The van der Waals surface area contributed by atoms with Gasteiger partial charge >= 0.3 is 0 Å². The Morgan fingerprint density at radius 1 is 0.879 bits per heavy atom. The van der Waals surface area contributed by atoms with Crippen LogP contribution in [0, 0.1) is 0 Å². The van der Waals surface area contributed by atoms with Gasteiger partial charge in [0.1, 0.15) is 46.8 Å². The SMILES string of the molecule is CC1(N)CCC1.COc1nn(C)cc1C(=O)Nc1cccc(-c2nncn2C2(C)COC2)n1.COc1nn(C)cc1C(=O)Nc1cccc(C(=O)N/N=C\N(C)C)n1. The van der Waals surface area contributed by atoms with Gasteiger partial charge in [-0.1, -0.05) is 12.1 Å². The average Bonchev–Trinajstić information content (AvgIpc) is 3.92. The highest BCUT2D eigenvalue weighted by molar-refractivity contribution is 6.06. The minimum atomic E-state index is -0.492. The molecule has 308 valence electrons. The summed E-state index contributed by atoms with van der Waals surface area (Å²) in [5.74, 6) is 0.402. The van der Waals surface area contributed by atoms with Crippen LogP contribution in [0.15, 0.2) is 60.2 Å². The van der Waals surface area contributed by atoms with Gasteiger partial charge in [-0.3, -0.25) is 23.7 Å². The van der Waals surface area contributed by atoms with Crippen molar-refractivity contribution in [3.05, 3.63) is 71.9 Å². The van der Waals surface area contributed by atoms with Gasteiger partial charge in [0.2, 0.25) is 11.8 Å². The zero-order valence-corrected chi connectivity index (χ0v) is 33.8. The molecule has 6 heterocycles. The molecule has 21 heteroatoms. The molecule has 3 amide bonds. The first-order valence-corrected chi connectivity index (χ1v) is 18.1. The van der Waals surface area contributed by atoms with E-state index in [2.05, 4.69) is 65.4 Å². The lowest BCUT2D eigenvalue weighted by molar-refractivity contribution is -0.0890. The second-order valence-corrected chi connectivity index (χ2v) is 14.3. The smallest absolute Gasteiger partial charge is 0.290 e. The van der Waals surface area contributed by atoms with Crippen LogP contribution in [0.3, 0.4) is 0 Å². The molecule has 2 fully saturated rings. The molecule has 2 aliphatic rings. The molecule has 0 unspecified atom stereocenters. The van der Waals surface area contributed by atoms with Crippen molar-refractivity contribution in [1.29, 1.82) is 0 Å². The van der Waals surface area contributed by atoms with Gasteiger partial charge in [0.05, 0.1) is 33.0 Å². The third-order valence-electron chi connectivity index (χ3n) is 8.81. The van der Waals surface area contributed by atoms with Crippen LogP contribution in [-0.4, -0.2) is 120 Å². The number of pyridine rings is 2. The number of nitrogens with two attached hydrogens (primary N) is 1. The highest BCUT2D eigenvalue weighted by Gasteiger charge is 2.37. The summed E-state index contributed by atoms with van der Waals surface area (Å²) in [7, 11) is 9.84. The monoisotopic (exact) mass is 799 g/mol. The van der Waals surface area contributed by atoms with Crippen molar-refractivity contribution in [3.63, 3.8) is 0 Å². The zero-order valence-electron chi connectivity index (χ0n) is 33.8. The third kappa shape index (κ3) is 10.8. The third-order valence-corrected chi connectivity index (χ3v) is 8.81. The quantitative estimate of drug-likeness (QED) is 0.0851. The van der Waals surface area contributed by atoms with Crippen LogP contribution in [0.4, 0.5) is 11.6 Å². The number of ether oxygens (including phenoxy) is 3. The Balaban J connectivity index is 0.000000193. The van der Waals surface area contributed by atoms with E-state index in [9.17, 15) is 14.4 Å². The number of aromatic nitrogens is 9. The number of hydrazone groups is 1. The first-order chi connectivity index (χ1) is 27.6. The summed E-state index contributed by atoms with van der Waals surface area (Å²) in [5, 5.41) is 25.4. The molecule has 0 aromatic carbocycles. The van der Waals surface area contributed by atoms with Crippen LogP contribution in [0.25, 0.3) is 11.5 Å². The fourth-order valence-corrected chi connectivity index (χ4v) is 5.51. The fourth-order valence-electron chi connectivity index (χ4n) is 5.51. The lowest BCUT2D eigenvalue weighted by Gasteiger charge is -2.39. The number of methoxy groups -OCH3 is 2. The van der Waals surface area contributed by atoms with Crippen molar-refractivity contribution in [2.45, 2.75) is 44.2 Å². The Morgan fingerprint density at radius 2 is 1.43 bits per heavy atom. The number of aryl methyl sites for hydroxylation is 2. The molecule has 21 nitrogen and oxygen atoms in total. The summed E-state index contributed by atoms with van der Waals surface area (Å²) < 4.78 is 20.4. The van der Waals surface area contributed by atoms with E-state index >= 15 is 0 Å². The van der Waals surface area contributed by atoms with E-state index in [1.54, 1.807) is 69.9 Å². The number of anilines is 2. The number of hydrogen-bond acceptors (Lipinski definition) is 14. The lowest BCUT2D eigenvalue weighted by Crippen LogP contribution is -2.49. The van der Waals surface area contributed by atoms with Crippen LogP contribution in [-0.2, 0) is 24.4 Å². The predicted octanol–water partition coefficient (Wildman–Crippen LogP) is 2.28. The van der Waals surface area contributed by atoms with E-state index in [-0.39, 0.29) is 45.8 Å². The number of carbonyl (C=O) groups is 3. The molecule has 1 aliphatic heterocycles. The average molecular weight is 800 g/mol.